The van der Waals surface area contributed by atoms with Gasteiger partial charge in [0.05, 0.1) is 10.7 Å². The summed E-state index contributed by atoms with van der Waals surface area (Å²) < 4.78 is 39.1. The van der Waals surface area contributed by atoms with Crippen LogP contribution in [0.2, 0.25) is 0 Å². The largest absolute Gasteiger partial charge is 0.392 e. The molecule has 4 nitrogen and oxygen atoms in total. The van der Waals surface area contributed by atoms with Crippen molar-refractivity contribution in [1.82, 2.24) is 0 Å². The number of rotatable bonds is 4. The van der Waals surface area contributed by atoms with E-state index in [9.17, 15) is 12.8 Å². The topological polar surface area (TPSA) is 72.2 Å². The molecule has 1 unspecified atom stereocenters. The monoisotopic (exact) mass is 276 g/mol. The van der Waals surface area contributed by atoms with Gasteiger partial charge in [-0.05, 0) is 26.0 Å². The van der Waals surface area contributed by atoms with Gasteiger partial charge in [0.1, 0.15) is 11.1 Å². The van der Waals surface area contributed by atoms with Gasteiger partial charge in [0.2, 0.25) is 10.0 Å². The van der Waals surface area contributed by atoms with Crippen LogP contribution in [0, 0.1) is 12.7 Å². The van der Waals surface area contributed by atoms with E-state index in [0.29, 0.717) is 0 Å². The Labute approximate surface area is 105 Å². The van der Waals surface area contributed by atoms with E-state index in [-0.39, 0.29) is 16.2 Å². The number of hydrogen-bond acceptors (Lipinski definition) is 3. The van der Waals surface area contributed by atoms with Gasteiger partial charge in [-0.1, -0.05) is 18.3 Å². The Bertz CT molecular complexity index is 543. The number of halogens is 1. The molecule has 0 aromatic heterocycles. The number of hydrogen-bond donors (Lipinski definition) is 2. The lowest BCUT2D eigenvalue weighted by Crippen LogP contribution is -2.35. The van der Waals surface area contributed by atoms with Gasteiger partial charge in [0, 0.05) is 5.56 Å². The quantitative estimate of drug-likeness (QED) is 0.818. The first kappa shape index (κ1) is 13.9. The van der Waals surface area contributed by atoms with Gasteiger partial charge in [-0.15, -0.1) is 0 Å². The van der Waals surface area contributed by atoms with Crippen molar-refractivity contribution in [2.45, 2.75) is 19.1 Å². The van der Waals surface area contributed by atoms with Crippen LogP contribution >= 0.6 is 12.2 Å². The molecule has 0 bridgehead atoms. The van der Waals surface area contributed by atoms with Crippen LogP contribution in [0.5, 0.6) is 0 Å². The summed E-state index contributed by atoms with van der Waals surface area (Å²) >= 11 is 4.63. The first-order valence-electron chi connectivity index (χ1n) is 4.81. The van der Waals surface area contributed by atoms with E-state index in [1.165, 1.54) is 32.0 Å². The SMILES string of the molecule is Cc1c(F)cccc1NS(=O)(=O)C(C)C(N)=S. The zero-order valence-corrected chi connectivity index (χ0v) is 11.0. The van der Waals surface area contributed by atoms with Crippen LogP contribution in [0.15, 0.2) is 18.2 Å². The first-order chi connectivity index (χ1) is 7.75. The normalized spacial score (nSPS) is 13.1. The Hall–Kier alpha value is -1.21. The second-order valence-corrected chi connectivity index (χ2v) is 6.08. The Morgan fingerprint density at radius 2 is 2.12 bits per heavy atom. The van der Waals surface area contributed by atoms with Crippen LogP contribution in [0.25, 0.3) is 0 Å². The number of thiocarbonyl (C=S) groups is 1. The predicted octanol–water partition coefficient (Wildman–Crippen LogP) is 1.55. The van der Waals surface area contributed by atoms with Gasteiger partial charge in [0.25, 0.3) is 0 Å². The van der Waals surface area contributed by atoms with E-state index in [1.807, 2.05) is 0 Å². The lowest BCUT2D eigenvalue weighted by molar-refractivity contribution is 0.598. The molecule has 1 rings (SSSR count). The van der Waals surface area contributed by atoms with Crippen molar-refractivity contribution in [2.24, 2.45) is 5.73 Å². The number of sulfonamides is 1. The highest BCUT2D eigenvalue weighted by atomic mass is 32.2. The van der Waals surface area contributed by atoms with Crippen LogP contribution in [-0.4, -0.2) is 18.7 Å². The number of nitrogens with one attached hydrogen (secondary N) is 1. The molecule has 0 radical (unpaired) electrons. The minimum absolute atomic E-state index is 0.133. The summed E-state index contributed by atoms with van der Waals surface area (Å²) in [5.74, 6) is -0.479. The molecule has 0 saturated heterocycles. The highest BCUT2D eigenvalue weighted by Crippen LogP contribution is 2.19. The molecule has 7 heteroatoms. The summed E-state index contributed by atoms with van der Waals surface area (Å²) in [6, 6.07) is 4.15. The fraction of sp³-hybridized carbons (Fsp3) is 0.300. The van der Waals surface area contributed by atoms with E-state index < -0.39 is 21.1 Å². The maximum absolute atomic E-state index is 13.2. The average Bonchev–Trinajstić information content (AvgIpc) is 2.23. The Morgan fingerprint density at radius 3 is 2.65 bits per heavy atom. The van der Waals surface area contributed by atoms with Gasteiger partial charge in [-0.2, -0.15) is 0 Å². The summed E-state index contributed by atoms with van der Waals surface area (Å²) in [5.41, 5.74) is 5.70. The standard InChI is InChI=1S/C10H13FN2O2S2/c1-6-8(11)4-3-5-9(6)13-17(14,15)7(2)10(12)16/h3-5,7,13H,1-2H3,(H2,12,16). The second-order valence-electron chi connectivity index (χ2n) is 3.60. The first-order valence-corrected chi connectivity index (χ1v) is 6.77. The lowest BCUT2D eigenvalue weighted by Gasteiger charge is -2.15. The molecule has 0 saturated carbocycles. The maximum Gasteiger partial charge on any atom is 0.241 e. The molecule has 0 heterocycles. The minimum atomic E-state index is -3.73. The van der Waals surface area contributed by atoms with Crippen LogP contribution in [0.1, 0.15) is 12.5 Å². The fourth-order valence-corrected chi connectivity index (χ4v) is 2.50. The van der Waals surface area contributed by atoms with Crippen LogP contribution in [0.4, 0.5) is 10.1 Å². The molecule has 94 valence electrons. The van der Waals surface area contributed by atoms with Crippen molar-refractivity contribution in [3.05, 3.63) is 29.6 Å². The minimum Gasteiger partial charge on any atom is -0.392 e. The third kappa shape index (κ3) is 3.13. The summed E-state index contributed by atoms with van der Waals surface area (Å²) in [5, 5.41) is -1.01. The second kappa shape index (κ2) is 4.97. The molecule has 0 spiro atoms. The maximum atomic E-state index is 13.2. The average molecular weight is 276 g/mol. The van der Waals surface area contributed by atoms with Crippen molar-refractivity contribution in [3.8, 4) is 0 Å². The molecule has 3 N–H and O–H groups in total. The van der Waals surface area contributed by atoms with Crippen molar-refractivity contribution in [1.29, 1.82) is 0 Å². The van der Waals surface area contributed by atoms with Gasteiger partial charge < -0.3 is 5.73 Å². The van der Waals surface area contributed by atoms with Gasteiger partial charge in [-0.3, -0.25) is 4.72 Å². The molecule has 1 aromatic rings. The molecule has 0 aliphatic heterocycles. The van der Waals surface area contributed by atoms with Gasteiger partial charge >= 0.3 is 0 Å². The molecular formula is C10H13FN2O2S2. The highest BCUT2D eigenvalue weighted by Gasteiger charge is 2.23. The number of benzene rings is 1. The van der Waals surface area contributed by atoms with Crippen molar-refractivity contribution >= 4 is 32.9 Å². The molecule has 0 aliphatic rings. The molecule has 17 heavy (non-hydrogen) atoms. The highest BCUT2D eigenvalue weighted by molar-refractivity contribution is 7.95. The van der Waals surface area contributed by atoms with Crippen molar-refractivity contribution in [3.63, 3.8) is 0 Å². The molecule has 1 atom stereocenters. The van der Waals surface area contributed by atoms with Crippen LogP contribution in [0.3, 0.4) is 0 Å². The summed E-state index contributed by atoms with van der Waals surface area (Å²) in [4.78, 5) is -0.133. The van der Waals surface area contributed by atoms with Crippen LogP contribution < -0.4 is 10.5 Å². The van der Waals surface area contributed by atoms with Crippen LogP contribution in [-0.2, 0) is 10.0 Å². The van der Waals surface area contributed by atoms with Crippen molar-refractivity contribution in [2.75, 3.05) is 4.72 Å². The van der Waals surface area contributed by atoms with Gasteiger partial charge in [-0.25, -0.2) is 12.8 Å². The molecular weight excluding hydrogens is 263 g/mol. The molecule has 0 fully saturated rings. The lowest BCUT2D eigenvalue weighted by atomic mass is 10.2. The summed E-state index contributed by atoms with van der Waals surface area (Å²) in [6.45, 7) is 2.86. The third-order valence-electron chi connectivity index (χ3n) is 2.39. The Balaban J connectivity index is 3.07. The number of anilines is 1. The van der Waals surface area contributed by atoms with E-state index in [2.05, 4.69) is 16.9 Å². The smallest absolute Gasteiger partial charge is 0.241 e. The Kier molecular flexibility index (Phi) is 4.05. The van der Waals surface area contributed by atoms with E-state index in [1.54, 1.807) is 0 Å². The summed E-state index contributed by atoms with van der Waals surface area (Å²) in [6.07, 6.45) is 0. The van der Waals surface area contributed by atoms with Gasteiger partial charge in [0.15, 0.2) is 0 Å². The zero-order chi connectivity index (χ0) is 13.2. The number of nitrogens with two attached hydrogens (primary N) is 1. The fourth-order valence-electron chi connectivity index (χ4n) is 1.11. The molecule has 0 aliphatic carbocycles. The third-order valence-corrected chi connectivity index (χ3v) is 4.58. The Morgan fingerprint density at radius 1 is 1.53 bits per heavy atom. The predicted molar refractivity (Wildman–Crippen MR) is 69.9 cm³/mol. The van der Waals surface area contributed by atoms with Crippen molar-refractivity contribution < 1.29 is 12.8 Å². The molecule has 1 aromatic carbocycles. The van der Waals surface area contributed by atoms with E-state index in [4.69, 9.17) is 5.73 Å². The molecule has 0 amide bonds. The van der Waals surface area contributed by atoms with E-state index in [0.717, 1.165) is 0 Å². The zero-order valence-electron chi connectivity index (χ0n) is 9.40. The van der Waals surface area contributed by atoms with E-state index >= 15 is 0 Å². The summed E-state index contributed by atoms with van der Waals surface area (Å²) in [7, 11) is -3.73.